The number of halogens is 2. The Bertz CT molecular complexity index is 512. The maximum Gasteiger partial charge on any atom is 0.167 e. The Kier molecular flexibility index (Phi) is 5.12. The largest absolute Gasteiger partial charge is 0.394 e. The SMILES string of the molecule is CC(C)O.Cc1ccc2nc(Cl)c(Cl)nc2c1. The second-order valence-corrected chi connectivity index (χ2v) is 4.61. The lowest BCUT2D eigenvalue weighted by molar-refractivity contribution is 0.216. The Morgan fingerprint density at radius 3 is 2.06 bits per heavy atom. The van der Waals surface area contributed by atoms with Crippen LogP contribution in [0.1, 0.15) is 19.4 Å². The lowest BCUT2D eigenvalue weighted by atomic mass is 10.2. The molecule has 2 rings (SSSR count). The van der Waals surface area contributed by atoms with Crippen molar-refractivity contribution in [2.24, 2.45) is 0 Å². The Morgan fingerprint density at radius 1 is 1.06 bits per heavy atom. The van der Waals surface area contributed by atoms with Gasteiger partial charge in [-0.15, -0.1) is 0 Å². The van der Waals surface area contributed by atoms with Crippen molar-refractivity contribution in [2.45, 2.75) is 26.9 Å². The van der Waals surface area contributed by atoms with Crippen LogP contribution in [0.2, 0.25) is 10.3 Å². The molecule has 17 heavy (non-hydrogen) atoms. The molecule has 0 amide bonds. The van der Waals surface area contributed by atoms with Crippen molar-refractivity contribution in [3.8, 4) is 0 Å². The third-order valence-electron chi connectivity index (χ3n) is 1.74. The highest BCUT2D eigenvalue weighted by Crippen LogP contribution is 2.21. The van der Waals surface area contributed by atoms with Crippen LogP contribution < -0.4 is 0 Å². The molecule has 1 N–H and O–H groups in total. The number of aryl methyl sites for hydroxylation is 1. The molecule has 0 aliphatic rings. The van der Waals surface area contributed by atoms with Gasteiger partial charge in [0.2, 0.25) is 0 Å². The average molecular weight is 273 g/mol. The number of rotatable bonds is 0. The van der Waals surface area contributed by atoms with E-state index in [1.54, 1.807) is 13.8 Å². The zero-order valence-corrected chi connectivity index (χ0v) is 11.4. The minimum absolute atomic E-state index is 0.167. The number of benzene rings is 1. The predicted octanol–water partition coefficient (Wildman–Crippen LogP) is 3.63. The quantitative estimate of drug-likeness (QED) is 0.797. The van der Waals surface area contributed by atoms with E-state index in [-0.39, 0.29) is 16.4 Å². The molecule has 1 aromatic heterocycles. The maximum atomic E-state index is 8.06. The van der Waals surface area contributed by atoms with E-state index in [1.807, 2.05) is 25.1 Å². The van der Waals surface area contributed by atoms with Crippen LogP contribution in [-0.4, -0.2) is 21.2 Å². The van der Waals surface area contributed by atoms with Gasteiger partial charge in [0.15, 0.2) is 10.3 Å². The summed E-state index contributed by atoms with van der Waals surface area (Å²) in [7, 11) is 0. The number of hydrogen-bond acceptors (Lipinski definition) is 3. The van der Waals surface area contributed by atoms with E-state index in [0.29, 0.717) is 0 Å². The monoisotopic (exact) mass is 272 g/mol. The van der Waals surface area contributed by atoms with Crippen molar-refractivity contribution in [1.29, 1.82) is 0 Å². The van der Waals surface area contributed by atoms with Crippen molar-refractivity contribution in [2.75, 3.05) is 0 Å². The Morgan fingerprint density at radius 2 is 1.53 bits per heavy atom. The molecule has 0 bridgehead atoms. The van der Waals surface area contributed by atoms with Crippen molar-refractivity contribution in [3.05, 3.63) is 34.1 Å². The van der Waals surface area contributed by atoms with Crippen LogP contribution in [0.25, 0.3) is 11.0 Å². The van der Waals surface area contributed by atoms with Gasteiger partial charge >= 0.3 is 0 Å². The average Bonchev–Trinajstić information content (AvgIpc) is 2.19. The molecule has 0 saturated heterocycles. The van der Waals surface area contributed by atoms with Crippen LogP contribution in [0.15, 0.2) is 18.2 Å². The predicted molar refractivity (Wildman–Crippen MR) is 71.6 cm³/mol. The van der Waals surface area contributed by atoms with Gasteiger partial charge in [0, 0.05) is 6.10 Å². The van der Waals surface area contributed by atoms with E-state index in [2.05, 4.69) is 9.97 Å². The van der Waals surface area contributed by atoms with Crippen LogP contribution in [0.5, 0.6) is 0 Å². The number of aliphatic hydroxyl groups is 1. The summed E-state index contributed by atoms with van der Waals surface area (Å²) in [5.74, 6) is 0. The number of hydrogen-bond donors (Lipinski definition) is 1. The van der Waals surface area contributed by atoms with Gasteiger partial charge in [0.05, 0.1) is 11.0 Å². The molecule has 1 heterocycles. The van der Waals surface area contributed by atoms with E-state index in [1.165, 1.54) is 0 Å². The normalized spacial score (nSPS) is 10.3. The summed E-state index contributed by atoms with van der Waals surface area (Å²) >= 11 is 11.5. The highest BCUT2D eigenvalue weighted by Gasteiger charge is 2.03. The fourth-order valence-corrected chi connectivity index (χ4v) is 1.39. The molecule has 1 aromatic carbocycles. The first-order valence-corrected chi connectivity index (χ1v) is 5.93. The van der Waals surface area contributed by atoms with Gasteiger partial charge in [-0.2, -0.15) is 0 Å². The van der Waals surface area contributed by atoms with Crippen LogP contribution >= 0.6 is 23.2 Å². The van der Waals surface area contributed by atoms with E-state index < -0.39 is 0 Å². The Balaban J connectivity index is 0.000000317. The van der Waals surface area contributed by atoms with Crippen LogP contribution in [0.3, 0.4) is 0 Å². The minimum atomic E-state index is -0.167. The molecule has 0 atom stereocenters. The highest BCUT2D eigenvalue weighted by atomic mass is 35.5. The fourth-order valence-electron chi connectivity index (χ4n) is 1.12. The van der Waals surface area contributed by atoms with Gasteiger partial charge < -0.3 is 5.11 Å². The van der Waals surface area contributed by atoms with Gasteiger partial charge in [-0.25, -0.2) is 9.97 Å². The first-order chi connectivity index (χ1) is 7.90. The second-order valence-electron chi connectivity index (χ2n) is 3.89. The van der Waals surface area contributed by atoms with Crippen molar-refractivity contribution in [3.63, 3.8) is 0 Å². The molecule has 2 aromatic rings. The summed E-state index contributed by atoms with van der Waals surface area (Å²) in [6, 6.07) is 5.76. The van der Waals surface area contributed by atoms with E-state index in [9.17, 15) is 0 Å². The van der Waals surface area contributed by atoms with Gasteiger partial charge in [-0.1, -0.05) is 29.3 Å². The summed E-state index contributed by atoms with van der Waals surface area (Å²) in [6.07, 6.45) is -0.167. The van der Waals surface area contributed by atoms with Crippen molar-refractivity contribution < 1.29 is 5.11 Å². The van der Waals surface area contributed by atoms with Gasteiger partial charge in [-0.3, -0.25) is 0 Å². The molecule has 3 nitrogen and oxygen atoms in total. The van der Waals surface area contributed by atoms with Crippen molar-refractivity contribution in [1.82, 2.24) is 9.97 Å². The van der Waals surface area contributed by atoms with Gasteiger partial charge in [0.25, 0.3) is 0 Å². The smallest absolute Gasteiger partial charge is 0.167 e. The molecule has 0 saturated carbocycles. The molecule has 0 fully saturated rings. The number of aliphatic hydroxyl groups excluding tert-OH is 1. The number of aromatic nitrogens is 2. The van der Waals surface area contributed by atoms with Crippen molar-refractivity contribution >= 4 is 34.2 Å². The zero-order valence-electron chi connectivity index (χ0n) is 9.91. The molecule has 5 heteroatoms. The van der Waals surface area contributed by atoms with Crippen LogP contribution in [0.4, 0.5) is 0 Å². The summed E-state index contributed by atoms with van der Waals surface area (Å²) in [5.41, 5.74) is 2.66. The van der Waals surface area contributed by atoms with Gasteiger partial charge in [0.1, 0.15) is 0 Å². The molecule has 0 aliphatic heterocycles. The standard InChI is InChI=1S/C9H6Cl2N2.C3H8O/c1-5-2-3-6-7(4-5)13-9(11)8(10)12-6;1-3(2)4/h2-4H,1H3;3-4H,1-2H3. The minimum Gasteiger partial charge on any atom is -0.394 e. The number of nitrogens with zero attached hydrogens (tertiary/aromatic N) is 2. The third kappa shape index (κ3) is 4.46. The van der Waals surface area contributed by atoms with E-state index in [4.69, 9.17) is 28.3 Å². The molecule has 0 spiro atoms. The van der Waals surface area contributed by atoms with Gasteiger partial charge in [-0.05, 0) is 38.5 Å². The molecular weight excluding hydrogens is 259 g/mol. The third-order valence-corrected chi connectivity index (χ3v) is 2.36. The first kappa shape index (κ1) is 14.2. The van der Waals surface area contributed by atoms with Crippen LogP contribution in [0, 0.1) is 6.92 Å². The molecule has 0 radical (unpaired) electrons. The summed E-state index contributed by atoms with van der Waals surface area (Å²) < 4.78 is 0. The first-order valence-electron chi connectivity index (χ1n) is 5.17. The topological polar surface area (TPSA) is 46.0 Å². The van der Waals surface area contributed by atoms with Crippen LogP contribution in [-0.2, 0) is 0 Å². The molecule has 92 valence electrons. The summed E-state index contributed by atoms with van der Waals surface area (Å²) in [4.78, 5) is 8.19. The molecule has 0 unspecified atom stereocenters. The fraction of sp³-hybridized carbons (Fsp3) is 0.333. The van der Waals surface area contributed by atoms with E-state index in [0.717, 1.165) is 16.6 Å². The zero-order chi connectivity index (χ0) is 13.0. The maximum absolute atomic E-state index is 8.06. The lowest BCUT2D eigenvalue weighted by Gasteiger charge is -1.99. The molecule has 0 aliphatic carbocycles. The van der Waals surface area contributed by atoms with E-state index >= 15 is 0 Å². The Labute approximate surface area is 110 Å². The summed E-state index contributed by atoms with van der Waals surface area (Å²) in [5, 5.41) is 8.55. The highest BCUT2D eigenvalue weighted by molar-refractivity contribution is 6.40. The summed E-state index contributed by atoms with van der Waals surface area (Å²) in [6.45, 7) is 5.43. The lowest BCUT2D eigenvalue weighted by Crippen LogP contribution is -1.86. The Hall–Kier alpha value is -0.900. The molecular formula is C12H14Cl2N2O. The second kappa shape index (κ2) is 6.15. The number of fused-ring (bicyclic) bond motifs is 1.